The molecule has 9 heteroatoms. The van der Waals surface area contributed by atoms with Gasteiger partial charge in [0.25, 0.3) is 5.91 Å². The first-order chi connectivity index (χ1) is 16.4. The van der Waals surface area contributed by atoms with E-state index in [1.165, 1.54) is 28.4 Å². The zero-order valence-electron chi connectivity index (χ0n) is 18.9. The van der Waals surface area contributed by atoms with Crippen LogP contribution in [0, 0.1) is 11.7 Å². The van der Waals surface area contributed by atoms with Gasteiger partial charge in [-0.05, 0) is 48.7 Å². The Morgan fingerprint density at radius 3 is 2.62 bits per heavy atom. The number of rotatable bonds is 6. The molecule has 0 bridgehead atoms. The van der Waals surface area contributed by atoms with Crippen molar-refractivity contribution in [2.75, 3.05) is 11.5 Å². The van der Waals surface area contributed by atoms with E-state index in [1.807, 2.05) is 6.92 Å². The monoisotopic (exact) mass is 479 g/mol. The number of halogens is 1. The number of carbonyl (C=O) groups excluding carboxylic acids is 1. The highest BCUT2D eigenvalue weighted by atomic mass is 32.1. The van der Waals surface area contributed by atoms with Gasteiger partial charge < -0.3 is 9.15 Å². The molecule has 1 aliphatic heterocycles. The molecule has 1 aliphatic rings. The molecule has 0 saturated heterocycles. The Labute approximate surface area is 198 Å². The van der Waals surface area contributed by atoms with Gasteiger partial charge in [-0.1, -0.05) is 37.3 Å². The maximum atomic E-state index is 13.9. The lowest BCUT2D eigenvalue weighted by atomic mass is 9.98. The summed E-state index contributed by atoms with van der Waals surface area (Å²) in [4.78, 5) is 28.6. The maximum absolute atomic E-state index is 13.9. The van der Waals surface area contributed by atoms with Crippen LogP contribution in [0.5, 0.6) is 5.75 Å². The molecule has 0 saturated carbocycles. The number of anilines is 1. The van der Waals surface area contributed by atoms with E-state index >= 15 is 0 Å². The fourth-order valence-corrected chi connectivity index (χ4v) is 5.22. The van der Waals surface area contributed by atoms with E-state index < -0.39 is 23.2 Å². The smallest absolute Gasteiger partial charge is 0.297 e. The SMILES string of the molecule is CCOc1ccc(C2c3c(oc4ccc(F)cc4c3=O)C(=O)N2c2nnc(CC(C)C)s2)cc1. The molecule has 1 unspecified atom stereocenters. The van der Waals surface area contributed by atoms with E-state index in [0.29, 0.717) is 29.0 Å². The molecule has 1 amide bonds. The fraction of sp³-hybridized carbons (Fsp3) is 0.280. The molecule has 1 atom stereocenters. The lowest BCUT2D eigenvalue weighted by molar-refractivity contribution is 0.0970. The predicted molar refractivity (Wildman–Crippen MR) is 127 cm³/mol. The van der Waals surface area contributed by atoms with Gasteiger partial charge in [-0.2, -0.15) is 0 Å². The van der Waals surface area contributed by atoms with Crippen LogP contribution in [-0.2, 0) is 6.42 Å². The molecule has 0 spiro atoms. The first-order valence-corrected chi connectivity index (χ1v) is 11.8. The number of fused-ring (bicyclic) bond motifs is 2. The van der Waals surface area contributed by atoms with Gasteiger partial charge in [0.15, 0.2) is 5.43 Å². The van der Waals surface area contributed by atoms with Gasteiger partial charge in [-0.15, -0.1) is 10.2 Å². The summed E-state index contributed by atoms with van der Waals surface area (Å²) in [5.74, 6) is -0.0585. The van der Waals surface area contributed by atoms with Crippen LogP contribution in [-0.4, -0.2) is 22.7 Å². The molecule has 0 fully saturated rings. The average molecular weight is 480 g/mol. The summed E-state index contributed by atoms with van der Waals surface area (Å²) in [5.41, 5.74) is 0.549. The number of carbonyl (C=O) groups is 1. The molecule has 4 aromatic rings. The summed E-state index contributed by atoms with van der Waals surface area (Å²) >= 11 is 1.31. The molecule has 0 aliphatic carbocycles. The fourth-order valence-electron chi connectivity index (χ4n) is 4.14. The third-order valence-corrected chi connectivity index (χ3v) is 6.53. The first kappa shape index (κ1) is 22.2. The van der Waals surface area contributed by atoms with Crippen molar-refractivity contribution in [2.45, 2.75) is 33.2 Å². The Hall–Kier alpha value is -3.59. The Morgan fingerprint density at radius 1 is 1.15 bits per heavy atom. The Bertz CT molecular complexity index is 1450. The largest absolute Gasteiger partial charge is 0.494 e. The van der Waals surface area contributed by atoms with Crippen LogP contribution in [0.3, 0.4) is 0 Å². The van der Waals surface area contributed by atoms with E-state index in [2.05, 4.69) is 24.0 Å². The number of nitrogens with zero attached hydrogens (tertiary/aromatic N) is 3. The zero-order chi connectivity index (χ0) is 24.0. The van der Waals surface area contributed by atoms with Crippen LogP contribution in [0.25, 0.3) is 11.0 Å². The molecular weight excluding hydrogens is 457 g/mol. The van der Waals surface area contributed by atoms with Crippen molar-refractivity contribution in [3.05, 3.63) is 80.4 Å². The standard InChI is InChI=1S/C25H22FN3O4S/c1-4-32-16-8-5-14(6-9-16)21-20-22(30)17-12-15(26)7-10-18(17)33-23(20)24(31)29(21)25-28-27-19(34-25)11-13(2)3/h5-10,12-13,21H,4,11H2,1-3H3. The van der Waals surface area contributed by atoms with Crippen LogP contribution in [0.1, 0.15) is 53.5 Å². The van der Waals surface area contributed by atoms with Gasteiger partial charge in [0.2, 0.25) is 10.9 Å². The van der Waals surface area contributed by atoms with E-state index in [0.717, 1.165) is 17.5 Å². The maximum Gasteiger partial charge on any atom is 0.297 e. The molecule has 174 valence electrons. The van der Waals surface area contributed by atoms with Gasteiger partial charge in [0.05, 0.1) is 23.6 Å². The van der Waals surface area contributed by atoms with E-state index in [4.69, 9.17) is 9.15 Å². The van der Waals surface area contributed by atoms with Crippen molar-refractivity contribution in [3.8, 4) is 5.75 Å². The van der Waals surface area contributed by atoms with E-state index in [1.54, 1.807) is 24.3 Å². The van der Waals surface area contributed by atoms with Crippen molar-refractivity contribution in [1.29, 1.82) is 0 Å². The lowest BCUT2D eigenvalue weighted by Gasteiger charge is -2.22. The van der Waals surface area contributed by atoms with Crippen LogP contribution < -0.4 is 15.1 Å². The summed E-state index contributed by atoms with van der Waals surface area (Å²) in [6.07, 6.45) is 0.723. The van der Waals surface area contributed by atoms with Gasteiger partial charge in [0.1, 0.15) is 22.2 Å². The summed E-state index contributed by atoms with van der Waals surface area (Å²) in [7, 11) is 0. The second-order valence-electron chi connectivity index (χ2n) is 8.47. The Morgan fingerprint density at radius 2 is 1.91 bits per heavy atom. The molecule has 0 N–H and O–H groups in total. The molecule has 3 heterocycles. The minimum Gasteiger partial charge on any atom is -0.494 e. The number of amides is 1. The number of aromatic nitrogens is 2. The number of ether oxygens (including phenoxy) is 1. The molecule has 2 aromatic heterocycles. The highest BCUT2D eigenvalue weighted by molar-refractivity contribution is 7.15. The minimum absolute atomic E-state index is 0.0661. The number of hydrogen-bond donors (Lipinski definition) is 0. The van der Waals surface area contributed by atoms with Crippen molar-refractivity contribution >= 4 is 33.3 Å². The quantitative estimate of drug-likeness (QED) is 0.381. The van der Waals surface area contributed by atoms with Crippen LogP contribution >= 0.6 is 11.3 Å². The van der Waals surface area contributed by atoms with Crippen molar-refractivity contribution < 1.29 is 18.3 Å². The molecule has 0 radical (unpaired) electrons. The lowest BCUT2D eigenvalue weighted by Crippen LogP contribution is -2.29. The van der Waals surface area contributed by atoms with Crippen LogP contribution in [0.15, 0.2) is 51.7 Å². The minimum atomic E-state index is -0.790. The normalized spacial score (nSPS) is 15.4. The van der Waals surface area contributed by atoms with Gasteiger partial charge in [-0.25, -0.2) is 4.39 Å². The number of benzene rings is 2. The van der Waals surface area contributed by atoms with Crippen molar-refractivity contribution in [1.82, 2.24) is 10.2 Å². The van der Waals surface area contributed by atoms with Gasteiger partial charge >= 0.3 is 0 Å². The van der Waals surface area contributed by atoms with Gasteiger partial charge in [-0.3, -0.25) is 14.5 Å². The first-order valence-electron chi connectivity index (χ1n) is 11.0. The Balaban J connectivity index is 1.70. The molecule has 34 heavy (non-hydrogen) atoms. The molecular formula is C25H22FN3O4S. The Kier molecular flexibility index (Phi) is 5.65. The van der Waals surface area contributed by atoms with E-state index in [9.17, 15) is 14.0 Å². The summed E-state index contributed by atoms with van der Waals surface area (Å²) in [6.45, 7) is 6.56. The summed E-state index contributed by atoms with van der Waals surface area (Å²) < 4.78 is 25.3. The molecule has 5 rings (SSSR count). The second kappa shape index (κ2) is 8.64. The average Bonchev–Trinajstić information content (AvgIpc) is 3.37. The van der Waals surface area contributed by atoms with Crippen molar-refractivity contribution in [2.24, 2.45) is 5.92 Å². The molecule has 2 aromatic carbocycles. The predicted octanol–water partition coefficient (Wildman–Crippen LogP) is 5.13. The van der Waals surface area contributed by atoms with Gasteiger partial charge in [0, 0.05) is 6.42 Å². The topological polar surface area (TPSA) is 85.5 Å². The third-order valence-electron chi connectivity index (χ3n) is 5.58. The van der Waals surface area contributed by atoms with Crippen LogP contribution in [0.4, 0.5) is 9.52 Å². The second-order valence-corrected chi connectivity index (χ2v) is 9.51. The highest BCUT2D eigenvalue weighted by Crippen LogP contribution is 2.42. The molecule has 7 nitrogen and oxygen atoms in total. The third kappa shape index (κ3) is 3.75. The summed E-state index contributed by atoms with van der Waals surface area (Å²) in [6, 6.07) is 10.1. The summed E-state index contributed by atoms with van der Waals surface area (Å²) in [5, 5.41) is 9.77. The highest BCUT2D eigenvalue weighted by Gasteiger charge is 2.45. The van der Waals surface area contributed by atoms with Crippen LogP contribution in [0.2, 0.25) is 0 Å². The number of hydrogen-bond acceptors (Lipinski definition) is 7. The van der Waals surface area contributed by atoms with E-state index in [-0.39, 0.29) is 22.3 Å². The zero-order valence-corrected chi connectivity index (χ0v) is 19.7. The van der Waals surface area contributed by atoms with Crippen molar-refractivity contribution in [3.63, 3.8) is 0 Å².